The fourth-order valence-electron chi connectivity index (χ4n) is 1.44. The molecule has 0 radical (unpaired) electrons. The van der Waals surface area contributed by atoms with Gasteiger partial charge in [0, 0.05) is 16.2 Å². The van der Waals surface area contributed by atoms with E-state index in [1.807, 2.05) is 0 Å². The molecule has 0 saturated carbocycles. The van der Waals surface area contributed by atoms with E-state index in [9.17, 15) is 9.18 Å². The number of amides is 1. The van der Waals surface area contributed by atoms with Gasteiger partial charge in [-0.3, -0.25) is 4.79 Å². The van der Waals surface area contributed by atoms with Crippen molar-refractivity contribution in [2.24, 2.45) is 5.84 Å². The summed E-state index contributed by atoms with van der Waals surface area (Å²) < 4.78 is 14.2. The largest absolute Gasteiger partial charge is 0.319 e. The second-order valence-corrected chi connectivity index (χ2v) is 4.57. The van der Waals surface area contributed by atoms with Crippen LogP contribution in [0.2, 0.25) is 0 Å². The molecular weight excluding hydrogens is 315 g/mol. The van der Waals surface area contributed by atoms with E-state index >= 15 is 0 Å². The summed E-state index contributed by atoms with van der Waals surface area (Å²) in [5, 5.41) is 2.48. The number of hydrazine groups is 1. The quantitative estimate of drug-likeness (QED) is 0.598. The van der Waals surface area contributed by atoms with Crippen molar-refractivity contribution in [3.8, 4) is 0 Å². The van der Waals surface area contributed by atoms with Gasteiger partial charge in [-0.2, -0.15) is 0 Å². The molecule has 2 aromatic rings. The van der Waals surface area contributed by atoms with Crippen molar-refractivity contribution in [1.29, 1.82) is 0 Å². The summed E-state index contributed by atoms with van der Waals surface area (Å²) in [5.41, 5.74) is 2.75. The predicted molar refractivity (Wildman–Crippen MR) is 74.1 cm³/mol. The predicted octanol–water partition coefficient (Wildman–Crippen LogP) is 2.52. The lowest BCUT2D eigenvalue weighted by Gasteiger charge is -2.07. The molecule has 19 heavy (non-hydrogen) atoms. The molecule has 0 aliphatic carbocycles. The molecule has 5 nitrogen and oxygen atoms in total. The number of nitrogen functional groups attached to an aromatic ring is 1. The number of aromatic nitrogens is 1. The number of anilines is 2. The third-order valence-electron chi connectivity index (χ3n) is 2.35. The van der Waals surface area contributed by atoms with Crippen LogP contribution in [0.4, 0.5) is 15.9 Å². The third-order valence-corrected chi connectivity index (χ3v) is 2.84. The maximum absolute atomic E-state index is 13.5. The summed E-state index contributed by atoms with van der Waals surface area (Å²) in [4.78, 5) is 15.8. The molecule has 0 fully saturated rings. The summed E-state index contributed by atoms with van der Waals surface area (Å²) in [6, 6.07) is 7.26. The van der Waals surface area contributed by atoms with Crippen molar-refractivity contribution < 1.29 is 9.18 Å². The second kappa shape index (κ2) is 5.77. The molecule has 0 spiro atoms. The zero-order valence-electron chi connectivity index (χ0n) is 9.65. The van der Waals surface area contributed by atoms with E-state index in [2.05, 4.69) is 31.7 Å². The number of carbonyl (C=O) groups is 1. The number of nitrogens with one attached hydrogen (secondary N) is 2. The van der Waals surface area contributed by atoms with Crippen molar-refractivity contribution in [3.05, 3.63) is 52.4 Å². The van der Waals surface area contributed by atoms with Crippen LogP contribution >= 0.6 is 15.9 Å². The van der Waals surface area contributed by atoms with E-state index < -0.39 is 11.7 Å². The Balaban J connectivity index is 2.22. The number of rotatable bonds is 3. The van der Waals surface area contributed by atoms with Crippen LogP contribution in [-0.4, -0.2) is 10.9 Å². The van der Waals surface area contributed by atoms with Gasteiger partial charge in [0.1, 0.15) is 11.6 Å². The van der Waals surface area contributed by atoms with E-state index in [0.29, 0.717) is 15.9 Å². The third kappa shape index (κ3) is 3.27. The standard InChI is InChI=1S/C12H10BrFN4O/c13-8-1-2-9(14)10(6-8)17-12(19)7-3-4-16-11(5-7)18-15/h1-6H,15H2,(H,16,18)(H,17,19). The summed E-state index contributed by atoms with van der Waals surface area (Å²) in [7, 11) is 0. The minimum absolute atomic E-state index is 0.0958. The fraction of sp³-hybridized carbons (Fsp3) is 0. The molecule has 1 aromatic carbocycles. The van der Waals surface area contributed by atoms with Crippen LogP contribution < -0.4 is 16.6 Å². The van der Waals surface area contributed by atoms with Gasteiger partial charge in [0.25, 0.3) is 5.91 Å². The van der Waals surface area contributed by atoms with Gasteiger partial charge in [0.2, 0.25) is 0 Å². The maximum atomic E-state index is 13.5. The van der Waals surface area contributed by atoms with E-state index in [0.717, 1.165) is 0 Å². The lowest BCUT2D eigenvalue weighted by atomic mass is 10.2. The van der Waals surface area contributed by atoms with Gasteiger partial charge in [-0.15, -0.1) is 0 Å². The molecular formula is C12H10BrFN4O. The monoisotopic (exact) mass is 324 g/mol. The minimum Gasteiger partial charge on any atom is -0.319 e. The summed E-state index contributed by atoms with van der Waals surface area (Å²) >= 11 is 3.21. The smallest absolute Gasteiger partial charge is 0.255 e. The first-order valence-electron chi connectivity index (χ1n) is 5.29. The van der Waals surface area contributed by atoms with E-state index in [1.54, 1.807) is 6.07 Å². The molecule has 0 bridgehead atoms. The number of carbonyl (C=O) groups excluding carboxylic acids is 1. The van der Waals surface area contributed by atoms with Crippen molar-refractivity contribution in [2.45, 2.75) is 0 Å². The fourth-order valence-corrected chi connectivity index (χ4v) is 1.80. The lowest BCUT2D eigenvalue weighted by Crippen LogP contribution is -2.15. The summed E-state index contributed by atoms with van der Waals surface area (Å²) in [5.74, 6) is 4.59. The van der Waals surface area contributed by atoms with Crippen LogP contribution in [0.25, 0.3) is 0 Å². The van der Waals surface area contributed by atoms with Gasteiger partial charge in [0.15, 0.2) is 0 Å². The molecule has 0 aliphatic rings. The Bertz CT molecular complexity index is 620. The van der Waals surface area contributed by atoms with Crippen LogP contribution in [0.1, 0.15) is 10.4 Å². The summed E-state index contributed by atoms with van der Waals surface area (Å²) in [6.45, 7) is 0. The molecule has 1 heterocycles. The highest BCUT2D eigenvalue weighted by molar-refractivity contribution is 9.10. The van der Waals surface area contributed by atoms with Gasteiger partial charge >= 0.3 is 0 Å². The molecule has 7 heteroatoms. The van der Waals surface area contributed by atoms with Crippen LogP contribution in [0.15, 0.2) is 41.0 Å². The van der Waals surface area contributed by atoms with E-state index in [1.165, 1.54) is 30.5 Å². The van der Waals surface area contributed by atoms with Gasteiger partial charge < -0.3 is 10.7 Å². The van der Waals surface area contributed by atoms with Crippen LogP contribution in [0.5, 0.6) is 0 Å². The first-order valence-corrected chi connectivity index (χ1v) is 6.08. The van der Waals surface area contributed by atoms with Crippen molar-refractivity contribution >= 4 is 33.3 Å². The van der Waals surface area contributed by atoms with E-state index in [4.69, 9.17) is 5.84 Å². The van der Waals surface area contributed by atoms with E-state index in [-0.39, 0.29) is 5.69 Å². The summed E-state index contributed by atoms with van der Waals surface area (Å²) in [6.07, 6.45) is 1.43. The van der Waals surface area contributed by atoms with Gasteiger partial charge in [-0.05, 0) is 30.3 Å². The van der Waals surface area contributed by atoms with Crippen molar-refractivity contribution in [1.82, 2.24) is 4.98 Å². The Kier molecular flexibility index (Phi) is 4.08. The molecule has 4 N–H and O–H groups in total. The Labute approximate surface area is 117 Å². The highest BCUT2D eigenvalue weighted by Crippen LogP contribution is 2.20. The van der Waals surface area contributed by atoms with Crippen LogP contribution in [0.3, 0.4) is 0 Å². The molecule has 98 valence electrons. The van der Waals surface area contributed by atoms with Crippen LogP contribution in [0, 0.1) is 5.82 Å². The zero-order chi connectivity index (χ0) is 13.8. The number of hydrogen-bond acceptors (Lipinski definition) is 4. The number of hydrogen-bond donors (Lipinski definition) is 3. The molecule has 1 aromatic heterocycles. The molecule has 0 unspecified atom stereocenters. The van der Waals surface area contributed by atoms with Gasteiger partial charge in [0.05, 0.1) is 5.69 Å². The Morgan fingerprint density at radius 2 is 2.11 bits per heavy atom. The molecule has 2 rings (SSSR count). The molecule has 0 atom stereocenters. The first kappa shape index (κ1) is 13.4. The molecule has 0 saturated heterocycles. The lowest BCUT2D eigenvalue weighted by molar-refractivity contribution is 0.102. The SMILES string of the molecule is NNc1cc(C(=O)Nc2cc(Br)ccc2F)ccn1. The number of halogens is 2. The topological polar surface area (TPSA) is 80.0 Å². The Hall–Kier alpha value is -1.99. The average Bonchev–Trinajstić information content (AvgIpc) is 2.43. The van der Waals surface area contributed by atoms with Crippen molar-refractivity contribution in [2.75, 3.05) is 10.7 Å². The maximum Gasteiger partial charge on any atom is 0.255 e. The van der Waals surface area contributed by atoms with Gasteiger partial charge in [-0.1, -0.05) is 15.9 Å². The first-order chi connectivity index (χ1) is 9.10. The normalized spacial score (nSPS) is 10.1. The molecule has 0 aliphatic heterocycles. The highest BCUT2D eigenvalue weighted by atomic mass is 79.9. The Morgan fingerprint density at radius 1 is 1.32 bits per heavy atom. The van der Waals surface area contributed by atoms with Crippen LogP contribution in [-0.2, 0) is 0 Å². The minimum atomic E-state index is -0.511. The highest BCUT2D eigenvalue weighted by Gasteiger charge is 2.10. The van der Waals surface area contributed by atoms with Crippen molar-refractivity contribution in [3.63, 3.8) is 0 Å². The Morgan fingerprint density at radius 3 is 2.84 bits per heavy atom. The van der Waals surface area contributed by atoms with Gasteiger partial charge in [-0.25, -0.2) is 15.2 Å². The number of nitrogens with zero attached hydrogens (tertiary/aromatic N) is 1. The number of benzene rings is 1. The molecule has 1 amide bonds. The zero-order valence-corrected chi connectivity index (χ0v) is 11.2. The second-order valence-electron chi connectivity index (χ2n) is 3.65. The average molecular weight is 325 g/mol. The number of nitrogens with two attached hydrogens (primary N) is 1. The number of pyridine rings is 1.